The average Bonchev–Trinajstić information content (AvgIpc) is 3.37. The van der Waals surface area contributed by atoms with Crippen LogP contribution in [0.1, 0.15) is 41.0 Å². The van der Waals surface area contributed by atoms with Gasteiger partial charge in [0.15, 0.2) is 5.56 Å². The van der Waals surface area contributed by atoms with Gasteiger partial charge in [0, 0.05) is 30.6 Å². The van der Waals surface area contributed by atoms with Crippen LogP contribution in [0.15, 0.2) is 47.3 Å². The molecule has 3 aromatic rings. The van der Waals surface area contributed by atoms with E-state index in [1.54, 1.807) is 36.1 Å². The molecule has 4 rings (SSSR count). The Labute approximate surface area is 213 Å². The molecule has 2 aromatic carbocycles. The van der Waals surface area contributed by atoms with Gasteiger partial charge in [-0.15, -0.1) is 0 Å². The third-order valence-corrected chi connectivity index (χ3v) is 6.44. The van der Waals surface area contributed by atoms with Gasteiger partial charge in [0.05, 0.1) is 14.2 Å². The standard InChI is InChI=1S/C26H28ClN3O6/c1-4-36-15-21-28-24(31)22(26(33)30(21)23-19(34-2)9-6-10-20(23)35-3)25(32)29-12-11-17(14-29)16-7-5-8-18(27)13-16/h5-10,13,17,31H,4,11-12,14-15H2,1-3H3. The second kappa shape index (κ2) is 11.0. The molecule has 1 saturated heterocycles. The van der Waals surface area contributed by atoms with E-state index >= 15 is 0 Å². The van der Waals surface area contributed by atoms with Crippen LogP contribution >= 0.6 is 11.6 Å². The van der Waals surface area contributed by atoms with Gasteiger partial charge in [0.1, 0.15) is 29.6 Å². The summed E-state index contributed by atoms with van der Waals surface area (Å²) in [7, 11) is 2.93. The molecular weight excluding hydrogens is 486 g/mol. The fourth-order valence-electron chi connectivity index (χ4n) is 4.45. The van der Waals surface area contributed by atoms with E-state index < -0.39 is 22.9 Å². The zero-order chi connectivity index (χ0) is 25.8. The predicted molar refractivity (Wildman–Crippen MR) is 135 cm³/mol. The van der Waals surface area contributed by atoms with Crippen LogP contribution < -0.4 is 15.0 Å². The lowest BCUT2D eigenvalue weighted by molar-refractivity contribution is 0.0783. The fourth-order valence-corrected chi connectivity index (χ4v) is 4.65. The molecular formula is C26H28ClN3O6. The number of likely N-dealkylation sites (tertiary alicyclic amines) is 1. The monoisotopic (exact) mass is 513 g/mol. The van der Waals surface area contributed by atoms with Crippen LogP contribution in [0.4, 0.5) is 0 Å². The van der Waals surface area contributed by atoms with Crippen LogP contribution in [0.2, 0.25) is 5.02 Å². The number of nitrogens with zero attached hydrogens (tertiary/aromatic N) is 3. The normalized spacial score (nSPS) is 15.2. The first kappa shape index (κ1) is 25.5. The zero-order valence-electron chi connectivity index (χ0n) is 20.4. The van der Waals surface area contributed by atoms with Gasteiger partial charge in [-0.2, -0.15) is 4.98 Å². The van der Waals surface area contributed by atoms with Gasteiger partial charge >= 0.3 is 0 Å². The summed E-state index contributed by atoms with van der Waals surface area (Å²) < 4.78 is 17.7. The molecule has 10 heteroatoms. The van der Waals surface area contributed by atoms with Crippen molar-refractivity contribution in [3.05, 3.63) is 74.8 Å². The molecule has 0 aliphatic carbocycles. The number of benzene rings is 2. The molecule has 0 spiro atoms. The highest BCUT2D eigenvalue weighted by atomic mass is 35.5. The number of hydrogen-bond donors (Lipinski definition) is 1. The maximum atomic E-state index is 13.8. The maximum Gasteiger partial charge on any atom is 0.275 e. The van der Waals surface area contributed by atoms with Crippen molar-refractivity contribution < 1.29 is 24.1 Å². The van der Waals surface area contributed by atoms with Crippen LogP contribution in [-0.4, -0.2) is 59.4 Å². The molecule has 0 radical (unpaired) electrons. The smallest absolute Gasteiger partial charge is 0.275 e. The van der Waals surface area contributed by atoms with E-state index in [0.29, 0.717) is 42.6 Å². The van der Waals surface area contributed by atoms with E-state index in [1.807, 2.05) is 18.2 Å². The lowest BCUT2D eigenvalue weighted by Gasteiger charge is -2.21. The third kappa shape index (κ3) is 4.89. The van der Waals surface area contributed by atoms with E-state index in [2.05, 4.69) is 4.98 Å². The number of hydrogen-bond acceptors (Lipinski definition) is 7. The molecule has 36 heavy (non-hydrogen) atoms. The van der Waals surface area contributed by atoms with Gasteiger partial charge in [-0.1, -0.05) is 29.8 Å². The van der Waals surface area contributed by atoms with Crippen molar-refractivity contribution in [1.29, 1.82) is 0 Å². The molecule has 1 aliphatic heterocycles. The Kier molecular flexibility index (Phi) is 7.81. The van der Waals surface area contributed by atoms with E-state index in [1.165, 1.54) is 18.8 Å². The molecule has 1 amide bonds. The third-order valence-electron chi connectivity index (χ3n) is 6.20. The molecule has 1 aromatic heterocycles. The minimum absolute atomic E-state index is 0.0662. The summed E-state index contributed by atoms with van der Waals surface area (Å²) in [5.41, 5.74) is 0.122. The summed E-state index contributed by atoms with van der Waals surface area (Å²) in [6, 6.07) is 12.6. The van der Waals surface area contributed by atoms with Crippen molar-refractivity contribution in [1.82, 2.24) is 14.5 Å². The number of carbonyl (C=O) groups is 1. The highest BCUT2D eigenvalue weighted by Crippen LogP contribution is 2.34. The van der Waals surface area contributed by atoms with Crippen LogP contribution in [-0.2, 0) is 11.3 Å². The molecule has 0 bridgehead atoms. The zero-order valence-corrected chi connectivity index (χ0v) is 21.1. The van der Waals surface area contributed by atoms with Gasteiger partial charge in [-0.3, -0.25) is 14.2 Å². The summed E-state index contributed by atoms with van der Waals surface area (Å²) >= 11 is 6.14. The van der Waals surface area contributed by atoms with Crippen LogP contribution in [0.25, 0.3) is 5.69 Å². The van der Waals surface area contributed by atoms with Crippen LogP contribution in [0, 0.1) is 0 Å². The first-order valence-electron chi connectivity index (χ1n) is 11.6. The highest BCUT2D eigenvalue weighted by Gasteiger charge is 2.33. The number of aromatic hydroxyl groups is 1. The Balaban J connectivity index is 1.79. The van der Waals surface area contributed by atoms with Gasteiger partial charge in [0.25, 0.3) is 11.5 Å². The Morgan fingerprint density at radius 2 is 1.86 bits per heavy atom. The van der Waals surface area contributed by atoms with Crippen molar-refractivity contribution in [3.8, 4) is 23.1 Å². The summed E-state index contributed by atoms with van der Waals surface area (Å²) in [5.74, 6) is -0.394. The largest absolute Gasteiger partial charge is 0.494 e. The number of carbonyl (C=O) groups excluding carboxylic acids is 1. The Morgan fingerprint density at radius 1 is 1.17 bits per heavy atom. The summed E-state index contributed by atoms with van der Waals surface area (Å²) in [6.45, 7) is 2.90. The number of ether oxygens (including phenoxy) is 3. The number of aromatic nitrogens is 2. The van der Waals surface area contributed by atoms with Crippen molar-refractivity contribution >= 4 is 17.5 Å². The van der Waals surface area contributed by atoms with E-state index in [0.717, 1.165) is 5.56 Å². The molecule has 1 aliphatic rings. The van der Waals surface area contributed by atoms with Gasteiger partial charge < -0.3 is 24.2 Å². The summed E-state index contributed by atoms with van der Waals surface area (Å²) in [5, 5.41) is 11.4. The van der Waals surface area contributed by atoms with Gasteiger partial charge in [-0.05, 0) is 43.2 Å². The molecule has 0 saturated carbocycles. The quantitative estimate of drug-likeness (QED) is 0.489. The average molecular weight is 514 g/mol. The first-order chi connectivity index (χ1) is 17.4. The molecule has 190 valence electrons. The van der Waals surface area contributed by atoms with Crippen LogP contribution in [0.5, 0.6) is 17.4 Å². The number of methoxy groups -OCH3 is 2. The fraction of sp³-hybridized carbons (Fsp3) is 0.346. The van der Waals surface area contributed by atoms with Crippen molar-refractivity contribution in [2.45, 2.75) is 25.9 Å². The minimum Gasteiger partial charge on any atom is -0.494 e. The number of rotatable bonds is 8. The molecule has 2 heterocycles. The summed E-state index contributed by atoms with van der Waals surface area (Å²) in [4.78, 5) is 33.1. The molecule has 1 N–H and O–H groups in total. The lowest BCUT2D eigenvalue weighted by atomic mass is 9.99. The Hall–Kier alpha value is -3.56. The van der Waals surface area contributed by atoms with Gasteiger partial charge in [0.2, 0.25) is 5.88 Å². The van der Waals surface area contributed by atoms with Crippen molar-refractivity contribution in [2.24, 2.45) is 0 Å². The number of halogens is 1. The predicted octanol–water partition coefficient (Wildman–Crippen LogP) is 3.77. The maximum absolute atomic E-state index is 13.8. The van der Waals surface area contributed by atoms with E-state index in [9.17, 15) is 14.7 Å². The molecule has 1 atom stereocenters. The highest BCUT2D eigenvalue weighted by molar-refractivity contribution is 6.30. The SMILES string of the molecule is CCOCc1nc(O)c(C(=O)N2CCC(c3cccc(Cl)c3)C2)c(=O)n1-c1c(OC)cccc1OC. The minimum atomic E-state index is -0.740. The van der Waals surface area contributed by atoms with Crippen molar-refractivity contribution in [2.75, 3.05) is 33.9 Å². The summed E-state index contributed by atoms with van der Waals surface area (Å²) in [6.07, 6.45) is 0.706. The first-order valence-corrected chi connectivity index (χ1v) is 12.0. The molecule has 1 fully saturated rings. The van der Waals surface area contributed by atoms with E-state index in [4.69, 9.17) is 25.8 Å². The molecule has 1 unspecified atom stereocenters. The van der Waals surface area contributed by atoms with E-state index in [-0.39, 0.29) is 24.0 Å². The number of para-hydroxylation sites is 1. The topological polar surface area (TPSA) is 103 Å². The van der Waals surface area contributed by atoms with Gasteiger partial charge in [-0.25, -0.2) is 0 Å². The second-order valence-electron chi connectivity index (χ2n) is 8.31. The number of amides is 1. The Bertz CT molecular complexity index is 1300. The molecule has 9 nitrogen and oxygen atoms in total. The lowest BCUT2D eigenvalue weighted by Crippen LogP contribution is -2.37. The Morgan fingerprint density at radius 3 is 2.50 bits per heavy atom. The van der Waals surface area contributed by atoms with Crippen LogP contribution in [0.3, 0.4) is 0 Å². The van der Waals surface area contributed by atoms with Crippen molar-refractivity contribution in [3.63, 3.8) is 0 Å². The second-order valence-corrected chi connectivity index (χ2v) is 8.74.